The van der Waals surface area contributed by atoms with Crippen LogP contribution in [-0.4, -0.2) is 45.0 Å². The fourth-order valence-electron chi connectivity index (χ4n) is 2.50. The van der Waals surface area contributed by atoms with Gasteiger partial charge in [-0.1, -0.05) is 23.4 Å². The number of aromatic nitrogens is 3. The molecule has 2 heterocycles. The van der Waals surface area contributed by atoms with Crippen LogP contribution in [0.4, 0.5) is 23.4 Å². The van der Waals surface area contributed by atoms with Gasteiger partial charge in [-0.3, -0.25) is 5.41 Å². The molecule has 4 N–H and O–H groups in total. The maximum absolute atomic E-state index is 13.9. The third kappa shape index (κ3) is 5.88. The van der Waals surface area contributed by atoms with Crippen LogP contribution in [0.1, 0.15) is 17.1 Å². The van der Waals surface area contributed by atoms with Crippen molar-refractivity contribution in [3.05, 3.63) is 77.6 Å². The van der Waals surface area contributed by atoms with Crippen molar-refractivity contribution in [1.82, 2.24) is 20.4 Å². The summed E-state index contributed by atoms with van der Waals surface area (Å²) in [7, 11) is 0. The second kappa shape index (κ2) is 10.0. The molecule has 0 bridgehead atoms. The standard InChI is InChI=1S/C20H18F4N6O2/c21-13-4-2-1-3-12(13)8-26-17(16-5-6-32-30-16)7-15(25)19-27-9-14(22)18(29-19)28-10-20(23,24)11-31/h1-7,9,25-26,31H,8,10-11H2,(H,27,28,29)/b17-7-,25-15?. The zero-order valence-electron chi connectivity index (χ0n) is 16.4. The first-order chi connectivity index (χ1) is 15.3. The molecule has 1 aromatic carbocycles. The second-order valence-electron chi connectivity index (χ2n) is 6.56. The lowest BCUT2D eigenvalue weighted by Gasteiger charge is -2.15. The van der Waals surface area contributed by atoms with Crippen molar-refractivity contribution in [2.45, 2.75) is 12.5 Å². The van der Waals surface area contributed by atoms with Gasteiger partial charge in [-0.15, -0.1) is 0 Å². The smallest absolute Gasteiger partial charge is 0.287 e. The Labute approximate surface area is 179 Å². The van der Waals surface area contributed by atoms with E-state index in [1.165, 1.54) is 24.5 Å². The lowest BCUT2D eigenvalue weighted by Crippen LogP contribution is -2.31. The highest BCUT2D eigenvalue weighted by Gasteiger charge is 2.28. The van der Waals surface area contributed by atoms with Gasteiger partial charge in [-0.05, 0) is 12.1 Å². The summed E-state index contributed by atoms with van der Waals surface area (Å²) >= 11 is 0. The van der Waals surface area contributed by atoms with Crippen LogP contribution in [0, 0.1) is 17.0 Å². The summed E-state index contributed by atoms with van der Waals surface area (Å²) in [5.74, 6) is -5.74. The minimum atomic E-state index is -3.48. The second-order valence-corrected chi connectivity index (χ2v) is 6.56. The molecule has 0 aliphatic carbocycles. The molecule has 3 rings (SSSR count). The third-order valence-electron chi connectivity index (χ3n) is 4.16. The Morgan fingerprint density at radius 3 is 2.66 bits per heavy atom. The first-order valence-corrected chi connectivity index (χ1v) is 9.23. The number of allylic oxidation sites excluding steroid dienone is 1. The maximum atomic E-state index is 13.9. The Bertz CT molecular complexity index is 1110. The molecule has 2 aromatic heterocycles. The number of rotatable bonds is 10. The molecule has 0 radical (unpaired) electrons. The lowest BCUT2D eigenvalue weighted by atomic mass is 10.2. The Hall–Kier alpha value is -3.80. The van der Waals surface area contributed by atoms with E-state index in [0.29, 0.717) is 11.3 Å². The van der Waals surface area contributed by atoms with Crippen molar-refractivity contribution in [2.24, 2.45) is 0 Å². The van der Waals surface area contributed by atoms with Gasteiger partial charge in [0.25, 0.3) is 5.92 Å². The number of aliphatic hydroxyl groups excluding tert-OH is 1. The SMILES string of the molecule is N=C(/C=C(\NCc1ccccc1F)c1ccon1)c1ncc(F)c(NCC(F)(F)CO)n1. The normalized spacial score (nSPS) is 12.0. The van der Waals surface area contributed by atoms with Crippen molar-refractivity contribution in [3.8, 4) is 0 Å². The molecule has 0 aliphatic heterocycles. The minimum absolute atomic E-state index is 0.0615. The predicted molar refractivity (Wildman–Crippen MR) is 107 cm³/mol. The number of nitrogens with one attached hydrogen (secondary N) is 3. The summed E-state index contributed by atoms with van der Waals surface area (Å²) in [6, 6.07) is 7.61. The topological polar surface area (TPSA) is 120 Å². The average molecular weight is 450 g/mol. The number of hydrogen-bond donors (Lipinski definition) is 4. The molecule has 168 valence electrons. The van der Waals surface area contributed by atoms with Gasteiger partial charge in [-0.2, -0.15) is 0 Å². The minimum Gasteiger partial charge on any atom is -0.390 e. The van der Waals surface area contributed by atoms with Crippen molar-refractivity contribution in [2.75, 3.05) is 18.5 Å². The number of hydrogen-bond acceptors (Lipinski definition) is 8. The number of benzene rings is 1. The maximum Gasteiger partial charge on any atom is 0.287 e. The molecule has 0 atom stereocenters. The number of nitrogens with zero attached hydrogens (tertiary/aromatic N) is 3. The summed E-state index contributed by atoms with van der Waals surface area (Å²) in [5.41, 5.74) is 0.624. The molecule has 12 heteroatoms. The molecule has 3 aromatic rings. The zero-order chi connectivity index (χ0) is 23.1. The van der Waals surface area contributed by atoms with Gasteiger partial charge in [-0.25, -0.2) is 27.5 Å². The van der Waals surface area contributed by atoms with Gasteiger partial charge >= 0.3 is 0 Å². The first kappa shape index (κ1) is 22.9. The first-order valence-electron chi connectivity index (χ1n) is 9.23. The molecule has 8 nitrogen and oxygen atoms in total. The number of halogens is 4. The molecule has 0 amide bonds. The van der Waals surface area contributed by atoms with E-state index >= 15 is 0 Å². The van der Waals surface area contributed by atoms with Crippen molar-refractivity contribution in [1.29, 1.82) is 5.41 Å². The van der Waals surface area contributed by atoms with E-state index < -0.39 is 36.5 Å². The van der Waals surface area contributed by atoms with Crippen LogP contribution in [0.3, 0.4) is 0 Å². The predicted octanol–water partition coefficient (Wildman–Crippen LogP) is 2.98. The summed E-state index contributed by atoms with van der Waals surface area (Å²) in [4.78, 5) is 7.47. The molecule has 0 spiro atoms. The number of anilines is 1. The van der Waals surface area contributed by atoms with Crippen LogP contribution < -0.4 is 10.6 Å². The summed E-state index contributed by atoms with van der Waals surface area (Å²) < 4.78 is 59.1. The molecule has 0 aliphatic rings. The quantitative estimate of drug-likeness (QED) is 0.277. The number of aliphatic hydroxyl groups is 1. The fraction of sp³-hybridized carbons (Fsp3) is 0.200. The molecule has 0 saturated heterocycles. The molecule has 0 fully saturated rings. The van der Waals surface area contributed by atoms with Gasteiger partial charge in [0.15, 0.2) is 17.5 Å². The van der Waals surface area contributed by atoms with Crippen LogP contribution in [-0.2, 0) is 6.54 Å². The van der Waals surface area contributed by atoms with E-state index in [0.717, 1.165) is 6.20 Å². The van der Waals surface area contributed by atoms with Crippen molar-refractivity contribution in [3.63, 3.8) is 0 Å². The van der Waals surface area contributed by atoms with E-state index in [1.54, 1.807) is 18.2 Å². The van der Waals surface area contributed by atoms with Crippen molar-refractivity contribution >= 4 is 17.2 Å². The third-order valence-corrected chi connectivity index (χ3v) is 4.16. The van der Waals surface area contributed by atoms with E-state index in [4.69, 9.17) is 15.0 Å². The largest absolute Gasteiger partial charge is 0.390 e. The summed E-state index contributed by atoms with van der Waals surface area (Å²) in [6.07, 6.45) is 3.29. The van der Waals surface area contributed by atoms with Gasteiger partial charge in [0.2, 0.25) is 0 Å². The van der Waals surface area contributed by atoms with Crippen LogP contribution >= 0.6 is 0 Å². The Morgan fingerprint density at radius 1 is 1.19 bits per heavy atom. The molecular weight excluding hydrogens is 432 g/mol. The van der Waals surface area contributed by atoms with Gasteiger partial charge in [0, 0.05) is 18.2 Å². The van der Waals surface area contributed by atoms with Gasteiger partial charge in [0.1, 0.15) is 30.1 Å². The van der Waals surface area contributed by atoms with Gasteiger partial charge in [0.05, 0.1) is 18.4 Å². The van der Waals surface area contributed by atoms with E-state index in [-0.39, 0.29) is 23.8 Å². The van der Waals surface area contributed by atoms with Crippen LogP contribution in [0.25, 0.3) is 5.70 Å². The lowest BCUT2D eigenvalue weighted by molar-refractivity contribution is -0.0373. The fourth-order valence-corrected chi connectivity index (χ4v) is 2.50. The highest BCUT2D eigenvalue weighted by atomic mass is 19.3. The molecular formula is C20H18F4N6O2. The van der Waals surface area contributed by atoms with Crippen LogP contribution in [0.2, 0.25) is 0 Å². The van der Waals surface area contributed by atoms with Crippen LogP contribution in [0.5, 0.6) is 0 Å². The van der Waals surface area contributed by atoms with E-state index in [9.17, 15) is 17.6 Å². The molecule has 32 heavy (non-hydrogen) atoms. The zero-order valence-corrected chi connectivity index (χ0v) is 16.4. The van der Waals surface area contributed by atoms with E-state index in [2.05, 4.69) is 25.8 Å². The number of alkyl halides is 2. The average Bonchev–Trinajstić information content (AvgIpc) is 3.32. The van der Waals surface area contributed by atoms with Gasteiger partial charge < -0.3 is 20.3 Å². The highest BCUT2D eigenvalue weighted by Crippen LogP contribution is 2.17. The van der Waals surface area contributed by atoms with Crippen molar-refractivity contribution < 1.29 is 27.2 Å². The monoisotopic (exact) mass is 450 g/mol. The molecule has 0 unspecified atom stereocenters. The van der Waals surface area contributed by atoms with E-state index in [1.807, 2.05) is 0 Å². The Kier molecular flexibility index (Phi) is 7.15. The Balaban J connectivity index is 1.82. The highest BCUT2D eigenvalue weighted by molar-refractivity contribution is 6.07. The van der Waals surface area contributed by atoms with Crippen LogP contribution in [0.15, 0.2) is 53.4 Å². The summed E-state index contributed by atoms with van der Waals surface area (Å²) in [6.45, 7) is -2.42. The Morgan fingerprint density at radius 2 is 1.97 bits per heavy atom. The summed E-state index contributed by atoms with van der Waals surface area (Å²) in [5, 5.41) is 25.7. The molecule has 0 saturated carbocycles.